The van der Waals surface area contributed by atoms with Gasteiger partial charge in [0.25, 0.3) is 0 Å². The van der Waals surface area contributed by atoms with Crippen LogP contribution in [0.15, 0.2) is 42.9 Å². The average Bonchev–Trinajstić information content (AvgIpc) is 3.30. The van der Waals surface area contributed by atoms with Gasteiger partial charge in [-0.1, -0.05) is 18.2 Å². The standard InChI is InChI=1S/C18H15N5O2S/c1-10-15(26-17(22-10)16-20-9-21-23-16)18(24)25-11(2)13-7-12-5-3-4-6-14(12)19-8-13/h3-9,11H,1-2H3,(H,20,21,23)/t11-/m0/s1. The van der Waals surface area contributed by atoms with Gasteiger partial charge in [0, 0.05) is 17.1 Å². The van der Waals surface area contributed by atoms with Crippen molar-refractivity contribution in [3.8, 4) is 10.8 Å². The van der Waals surface area contributed by atoms with E-state index in [4.69, 9.17) is 4.74 Å². The number of aromatic nitrogens is 5. The molecule has 0 aliphatic carbocycles. The minimum absolute atomic E-state index is 0.411. The van der Waals surface area contributed by atoms with E-state index in [0.29, 0.717) is 21.4 Å². The summed E-state index contributed by atoms with van der Waals surface area (Å²) in [4.78, 5) is 25.9. The SMILES string of the molecule is Cc1nc(-c2ncn[nH]2)sc1C(=O)O[C@@H](C)c1cnc2ccccc2c1. The molecule has 0 unspecified atom stereocenters. The molecule has 1 N–H and O–H groups in total. The lowest BCUT2D eigenvalue weighted by atomic mass is 10.1. The maximum Gasteiger partial charge on any atom is 0.350 e. The minimum Gasteiger partial charge on any atom is -0.453 e. The number of thiazole rings is 1. The Bertz CT molecular complexity index is 1070. The van der Waals surface area contributed by atoms with Crippen LogP contribution in [0.3, 0.4) is 0 Å². The lowest BCUT2D eigenvalue weighted by Gasteiger charge is -2.13. The molecule has 0 radical (unpaired) electrons. The molecule has 0 aliphatic heterocycles. The van der Waals surface area contributed by atoms with Gasteiger partial charge in [0.2, 0.25) is 0 Å². The summed E-state index contributed by atoms with van der Waals surface area (Å²) >= 11 is 1.23. The molecule has 0 saturated carbocycles. The fourth-order valence-electron chi connectivity index (χ4n) is 2.59. The normalized spacial score (nSPS) is 12.2. The Morgan fingerprint density at radius 2 is 2.12 bits per heavy atom. The van der Waals surface area contributed by atoms with Crippen LogP contribution in [-0.2, 0) is 4.74 Å². The average molecular weight is 365 g/mol. The Labute approximate surface area is 153 Å². The number of aromatic amines is 1. The van der Waals surface area contributed by atoms with Gasteiger partial charge in [0.1, 0.15) is 17.3 Å². The molecule has 1 aromatic carbocycles. The summed E-state index contributed by atoms with van der Waals surface area (Å²) in [5.74, 6) is 0.121. The molecule has 7 nitrogen and oxygen atoms in total. The third kappa shape index (κ3) is 3.06. The van der Waals surface area contributed by atoms with Crippen LogP contribution in [-0.4, -0.2) is 31.1 Å². The highest BCUT2D eigenvalue weighted by molar-refractivity contribution is 7.16. The van der Waals surface area contributed by atoms with Crippen molar-refractivity contribution in [1.29, 1.82) is 0 Å². The third-order valence-electron chi connectivity index (χ3n) is 3.96. The van der Waals surface area contributed by atoms with Crippen molar-refractivity contribution in [3.05, 3.63) is 59.0 Å². The Hall–Kier alpha value is -3.13. The number of esters is 1. The maximum absolute atomic E-state index is 12.6. The van der Waals surface area contributed by atoms with E-state index >= 15 is 0 Å². The number of aryl methyl sites for hydroxylation is 1. The van der Waals surface area contributed by atoms with E-state index in [2.05, 4.69) is 25.1 Å². The molecular weight excluding hydrogens is 350 g/mol. The van der Waals surface area contributed by atoms with Gasteiger partial charge in [0.15, 0.2) is 10.8 Å². The molecule has 4 aromatic rings. The molecule has 0 fully saturated rings. The summed E-state index contributed by atoms with van der Waals surface area (Å²) in [6.07, 6.45) is 2.72. The second-order valence-electron chi connectivity index (χ2n) is 5.78. The van der Waals surface area contributed by atoms with Crippen molar-refractivity contribution in [2.75, 3.05) is 0 Å². The first-order valence-electron chi connectivity index (χ1n) is 8.00. The third-order valence-corrected chi connectivity index (χ3v) is 5.11. The summed E-state index contributed by atoms with van der Waals surface area (Å²) in [5, 5.41) is 8.16. The molecule has 0 bridgehead atoms. The molecule has 4 rings (SSSR count). The van der Waals surface area contributed by atoms with Gasteiger partial charge in [-0.25, -0.2) is 14.8 Å². The summed E-state index contributed by atoms with van der Waals surface area (Å²) in [6, 6.07) is 9.81. The minimum atomic E-state index is -0.421. The summed E-state index contributed by atoms with van der Waals surface area (Å²) in [6.45, 7) is 3.60. The van der Waals surface area contributed by atoms with E-state index in [1.165, 1.54) is 17.7 Å². The summed E-state index contributed by atoms with van der Waals surface area (Å²) in [5.41, 5.74) is 2.36. The number of ether oxygens (including phenoxy) is 1. The number of hydrogen-bond acceptors (Lipinski definition) is 7. The highest BCUT2D eigenvalue weighted by Crippen LogP contribution is 2.28. The number of nitrogens with zero attached hydrogens (tertiary/aromatic N) is 4. The molecule has 0 amide bonds. The molecular formula is C18H15N5O2S. The predicted octanol–water partition coefficient (Wildman–Crippen LogP) is 3.70. The van der Waals surface area contributed by atoms with Crippen molar-refractivity contribution in [2.45, 2.75) is 20.0 Å². The molecule has 0 saturated heterocycles. The Morgan fingerprint density at radius 1 is 1.27 bits per heavy atom. The van der Waals surface area contributed by atoms with Gasteiger partial charge < -0.3 is 4.74 Å². The van der Waals surface area contributed by atoms with E-state index in [1.54, 1.807) is 13.1 Å². The Morgan fingerprint density at radius 3 is 2.92 bits per heavy atom. The van der Waals surface area contributed by atoms with E-state index < -0.39 is 12.1 Å². The topological polar surface area (TPSA) is 93.7 Å². The first-order valence-corrected chi connectivity index (χ1v) is 8.82. The van der Waals surface area contributed by atoms with Gasteiger partial charge in [0.05, 0.1) is 11.2 Å². The molecule has 3 heterocycles. The smallest absolute Gasteiger partial charge is 0.350 e. The zero-order chi connectivity index (χ0) is 18.1. The van der Waals surface area contributed by atoms with E-state index in [0.717, 1.165) is 16.5 Å². The molecule has 0 aliphatic rings. The second-order valence-corrected chi connectivity index (χ2v) is 6.78. The van der Waals surface area contributed by atoms with Crippen LogP contribution >= 0.6 is 11.3 Å². The van der Waals surface area contributed by atoms with E-state index in [1.807, 2.05) is 37.3 Å². The number of pyridine rings is 1. The van der Waals surface area contributed by atoms with Crippen LogP contribution in [0.1, 0.15) is 34.0 Å². The highest BCUT2D eigenvalue weighted by atomic mass is 32.1. The van der Waals surface area contributed by atoms with E-state index in [-0.39, 0.29) is 0 Å². The fourth-order valence-corrected chi connectivity index (χ4v) is 3.48. The van der Waals surface area contributed by atoms with E-state index in [9.17, 15) is 4.79 Å². The zero-order valence-electron chi connectivity index (χ0n) is 14.1. The monoisotopic (exact) mass is 365 g/mol. The van der Waals surface area contributed by atoms with Gasteiger partial charge in [-0.3, -0.25) is 10.1 Å². The van der Waals surface area contributed by atoms with Gasteiger partial charge in [-0.2, -0.15) is 5.10 Å². The molecule has 130 valence electrons. The van der Waals surface area contributed by atoms with Crippen LogP contribution < -0.4 is 0 Å². The van der Waals surface area contributed by atoms with Crippen LogP contribution in [0.5, 0.6) is 0 Å². The van der Waals surface area contributed by atoms with Crippen LogP contribution in [0.4, 0.5) is 0 Å². The number of rotatable bonds is 4. The molecule has 1 atom stereocenters. The number of H-pyrrole nitrogens is 1. The van der Waals surface area contributed by atoms with Crippen molar-refractivity contribution in [1.82, 2.24) is 25.1 Å². The van der Waals surface area contributed by atoms with Crippen molar-refractivity contribution < 1.29 is 9.53 Å². The Balaban J connectivity index is 1.55. The highest BCUT2D eigenvalue weighted by Gasteiger charge is 2.21. The number of para-hydroxylation sites is 1. The number of carbonyl (C=O) groups is 1. The van der Waals surface area contributed by atoms with Crippen LogP contribution in [0.2, 0.25) is 0 Å². The second kappa shape index (κ2) is 6.64. The van der Waals surface area contributed by atoms with Crippen LogP contribution in [0.25, 0.3) is 21.7 Å². The predicted molar refractivity (Wildman–Crippen MR) is 97.8 cm³/mol. The molecule has 8 heteroatoms. The summed E-state index contributed by atoms with van der Waals surface area (Å²) in [7, 11) is 0. The number of fused-ring (bicyclic) bond motifs is 1. The van der Waals surface area contributed by atoms with Crippen LogP contribution in [0, 0.1) is 6.92 Å². The molecule has 26 heavy (non-hydrogen) atoms. The number of nitrogens with one attached hydrogen (secondary N) is 1. The first-order chi connectivity index (χ1) is 12.6. The maximum atomic E-state index is 12.6. The number of carbonyl (C=O) groups excluding carboxylic acids is 1. The van der Waals surface area contributed by atoms with Crippen molar-refractivity contribution in [3.63, 3.8) is 0 Å². The first kappa shape index (κ1) is 16.3. The molecule has 0 spiro atoms. The summed E-state index contributed by atoms with van der Waals surface area (Å²) < 4.78 is 5.63. The number of hydrogen-bond donors (Lipinski definition) is 1. The van der Waals surface area contributed by atoms with Gasteiger partial charge in [-0.15, -0.1) is 11.3 Å². The quantitative estimate of drug-likeness (QED) is 0.554. The Kier molecular flexibility index (Phi) is 4.18. The number of benzene rings is 1. The molecule has 3 aromatic heterocycles. The van der Waals surface area contributed by atoms with Gasteiger partial charge in [-0.05, 0) is 26.0 Å². The largest absolute Gasteiger partial charge is 0.453 e. The zero-order valence-corrected chi connectivity index (χ0v) is 14.9. The lowest BCUT2D eigenvalue weighted by molar-refractivity contribution is 0.0342. The fraction of sp³-hybridized carbons (Fsp3) is 0.167. The van der Waals surface area contributed by atoms with Gasteiger partial charge >= 0.3 is 5.97 Å². The van der Waals surface area contributed by atoms with Crippen molar-refractivity contribution >= 4 is 28.2 Å². The van der Waals surface area contributed by atoms with Crippen molar-refractivity contribution in [2.24, 2.45) is 0 Å². The lowest BCUT2D eigenvalue weighted by Crippen LogP contribution is -2.09.